The summed E-state index contributed by atoms with van der Waals surface area (Å²) in [5.41, 5.74) is 3.37. The van der Waals surface area contributed by atoms with Crippen molar-refractivity contribution in [3.63, 3.8) is 0 Å². The lowest BCUT2D eigenvalue weighted by Crippen LogP contribution is -2.43. The van der Waals surface area contributed by atoms with Gasteiger partial charge in [-0.3, -0.25) is 29.6 Å². The molecule has 0 aromatic heterocycles. The van der Waals surface area contributed by atoms with E-state index in [4.69, 9.17) is 16.3 Å². The standard InChI is InChI=1S/C20H18ClN3O5/c21-15-8-6-13(7-9-15)19(27)23-24-11-14(10-18(24)26)20(28)29-12-17(25)22-16-4-2-1-3-5-16/h1-9,14H,10-12H2,(H,22,25)(H,23,27)/t14-/m0/s1. The number of nitrogens with zero attached hydrogens (tertiary/aromatic N) is 1. The number of hydrogen-bond acceptors (Lipinski definition) is 5. The van der Waals surface area contributed by atoms with Crippen molar-refractivity contribution >= 4 is 41.0 Å². The highest BCUT2D eigenvalue weighted by Crippen LogP contribution is 2.18. The highest BCUT2D eigenvalue weighted by atomic mass is 35.5. The maximum atomic E-state index is 12.2. The fourth-order valence-electron chi connectivity index (χ4n) is 2.74. The number of carbonyl (C=O) groups is 4. The summed E-state index contributed by atoms with van der Waals surface area (Å²) >= 11 is 5.78. The molecular weight excluding hydrogens is 398 g/mol. The van der Waals surface area contributed by atoms with Gasteiger partial charge in [0.2, 0.25) is 5.91 Å². The fraction of sp³-hybridized carbons (Fsp3) is 0.200. The molecule has 9 heteroatoms. The third kappa shape index (κ3) is 5.55. The van der Waals surface area contributed by atoms with Crippen LogP contribution in [0.4, 0.5) is 5.69 Å². The Labute approximate surface area is 171 Å². The highest BCUT2D eigenvalue weighted by Gasteiger charge is 2.36. The minimum atomic E-state index is -0.766. The molecule has 1 aliphatic rings. The van der Waals surface area contributed by atoms with Crippen molar-refractivity contribution in [2.45, 2.75) is 6.42 Å². The lowest BCUT2D eigenvalue weighted by molar-refractivity contribution is -0.151. The molecule has 2 aromatic carbocycles. The number of carbonyl (C=O) groups excluding carboxylic acids is 4. The topological polar surface area (TPSA) is 105 Å². The first-order valence-electron chi connectivity index (χ1n) is 8.81. The molecule has 0 bridgehead atoms. The Morgan fingerprint density at radius 1 is 1.07 bits per heavy atom. The first-order valence-corrected chi connectivity index (χ1v) is 9.18. The summed E-state index contributed by atoms with van der Waals surface area (Å²) in [6.45, 7) is -0.493. The summed E-state index contributed by atoms with van der Waals surface area (Å²) in [4.78, 5) is 48.3. The summed E-state index contributed by atoms with van der Waals surface area (Å²) in [7, 11) is 0. The number of esters is 1. The van der Waals surface area contributed by atoms with Crippen molar-refractivity contribution in [2.24, 2.45) is 5.92 Å². The van der Waals surface area contributed by atoms with Crippen LogP contribution < -0.4 is 10.7 Å². The van der Waals surface area contributed by atoms with Gasteiger partial charge in [0.15, 0.2) is 6.61 Å². The number of ether oxygens (including phenoxy) is 1. The molecule has 0 radical (unpaired) electrons. The Balaban J connectivity index is 1.47. The number of nitrogens with one attached hydrogen (secondary N) is 2. The van der Waals surface area contributed by atoms with E-state index < -0.39 is 36.2 Å². The van der Waals surface area contributed by atoms with Gasteiger partial charge in [-0.2, -0.15) is 0 Å². The van der Waals surface area contributed by atoms with Crippen LogP contribution in [0.15, 0.2) is 54.6 Å². The second-order valence-electron chi connectivity index (χ2n) is 6.38. The quantitative estimate of drug-likeness (QED) is 0.702. The predicted molar refractivity (Wildman–Crippen MR) is 105 cm³/mol. The molecule has 1 heterocycles. The lowest BCUT2D eigenvalue weighted by Gasteiger charge is -2.17. The van der Waals surface area contributed by atoms with Crippen LogP contribution in [0, 0.1) is 5.92 Å². The fourth-order valence-corrected chi connectivity index (χ4v) is 2.86. The average molecular weight is 416 g/mol. The second kappa shape index (κ2) is 9.20. The number of benzene rings is 2. The zero-order chi connectivity index (χ0) is 20.8. The maximum Gasteiger partial charge on any atom is 0.311 e. The molecular formula is C20H18ClN3O5. The Hall–Kier alpha value is -3.39. The molecule has 1 saturated heterocycles. The van der Waals surface area contributed by atoms with Gasteiger partial charge in [0, 0.05) is 22.7 Å². The third-order valence-corrected chi connectivity index (χ3v) is 4.46. The average Bonchev–Trinajstić information content (AvgIpc) is 3.08. The molecule has 1 atom stereocenters. The van der Waals surface area contributed by atoms with Crippen LogP contribution in [0.3, 0.4) is 0 Å². The van der Waals surface area contributed by atoms with Crippen molar-refractivity contribution in [1.82, 2.24) is 10.4 Å². The van der Waals surface area contributed by atoms with E-state index in [1.54, 1.807) is 36.4 Å². The number of para-hydroxylation sites is 1. The van der Waals surface area contributed by atoms with E-state index in [2.05, 4.69) is 10.7 Å². The third-order valence-electron chi connectivity index (χ3n) is 4.20. The van der Waals surface area contributed by atoms with E-state index in [1.807, 2.05) is 6.07 Å². The van der Waals surface area contributed by atoms with Crippen LogP contribution in [0.25, 0.3) is 0 Å². The Morgan fingerprint density at radius 3 is 2.45 bits per heavy atom. The zero-order valence-electron chi connectivity index (χ0n) is 15.3. The number of rotatable bonds is 6. The first-order chi connectivity index (χ1) is 13.9. The smallest absolute Gasteiger partial charge is 0.311 e. The number of hydrazine groups is 1. The van der Waals surface area contributed by atoms with Crippen LogP contribution in [-0.2, 0) is 19.1 Å². The van der Waals surface area contributed by atoms with Gasteiger partial charge in [0.05, 0.1) is 12.5 Å². The van der Waals surface area contributed by atoms with Crippen molar-refractivity contribution in [3.8, 4) is 0 Å². The van der Waals surface area contributed by atoms with Crippen molar-refractivity contribution in [2.75, 3.05) is 18.5 Å². The number of halogens is 1. The van der Waals surface area contributed by atoms with Crippen LogP contribution in [0.2, 0.25) is 5.02 Å². The van der Waals surface area contributed by atoms with Crippen LogP contribution in [0.1, 0.15) is 16.8 Å². The first kappa shape index (κ1) is 20.3. The Bertz CT molecular complexity index is 917. The molecule has 0 aliphatic carbocycles. The minimum Gasteiger partial charge on any atom is -0.455 e. The number of hydrogen-bond donors (Lipinski definition) is 2. The van der Waals surface area contributed by atoms with Gasteiger partial charge in [-0.25, -0.2) is 0 Å². The van der Waals surface area contributed by atoms with E-state index in [9.17, 15) is 19.2 Å². The van der Waals surface area contributed by atoms with Crippen LogP contribution in [-0.4, -0.2) is 41.9 Å². The summed E-state index contributed by atoms with van der Waals surface area (Å²) in [5, 5.41) is 4.15. The summed E-state index contributed by atoms with van der Waals surface area (Å²) in [6, 6.07) is 14.9. The normalized spacial score (nSPS) is 15.7. The van der Waals surface area contributed by atoms with E-state index in [-0.39, 0.29) is 13.0 Å². The number of anilines is 1. The second-order valence-corrected chi connectivity index (χ2v) is 6.81. The SMILES string of the molecule is O=C(COC(=O)[C@H]1CC(=O)N(NC(=O)c2ccc(Cl)cc2)C1)Nc1ccccc1. The maximum absolute atomic E-state index is 12.2. The Kier molecular flexibility index (Phi) is 6.46. The number of amides is 3. The molecule has 1 aliphatic heterocycles. The van der Waals surface area contributed by atoms with Crippen molar-refractivity contribution in [3.05, 3.63) is 65.2 Å². The molecule has 0 spiro atoms. The largest absolute Gasteiger partial charge is 0.455 e. The molecule has 8 nitrogen and oxygen atoms in total. The van der Waals surface area contributed by atoms with Gasteiger partial charge in [0.1, 0.15) is 0 Å². The Morgan fingerprint density at radius 2 is 1.76 bits per heavy atom. The van der Waals surface area contributed by atoms with Gasteiger partial charge < -0.3 is 10.1 Å². The zero-order valence-corrected chi connectivity index (χ0v) is 16.0. The summed E-state index contributed by atoms with van der Waals surface area (Å²) in [6.07, 6.45) is -0.111. The molecule has 0 unspecified atom stereocenters. The van der Waals surface area contributed by atoms with Gasteiger partial charge >= 0.3 is 5.97 Å². The van der Waals surface area contributed by atoms with Gasteiger partial charge in [-0.05, 0) is 36.4 Å². The molecule has 2 aromatic rings. The predicted octanol–water partition coefficient (Wildman–Crippen LogP) is 2.02. The van der Waals surface area contributed by atoms with Crippen LogP contribution in [0.5, 0.6) is 0 Å². The van der Waals surface area contributed by atoms with Gasteiger partial charge in [-0.1, -0.05) is 29.8 Å². The van der Waals surface area contributed by atoms with E-state index in [0.29, 0.717) is 16.3 Å². The van der Waals surface area contributed by atoms with E-state index in [0.717, 1.165) is 5.01 Å². The molecule has 1 fully saturated rings. The molecule has 0 saturated carbocycles. The molecule has 2 N–H and O–H groups in total. The summed E-state index contributed by atoms with van der Waals surface area (Å²) < 4.78 is 5.00. The van der Waals surface area contributed by atoms with Crippen molar-refractivity contribution in [1.29, 1.82) is 0 Å². The molecule has 3 rings (SSSR count). The van der Waals surface area contributed by atoms with Crippen molar-refractivity contribution < 1.29 is 23.9 Å². The molecule has 3 amide bonds. The van der Waals surface area contributed by atoms with Gasteiger partial charge in [-0.15, -0.1) is 0 Å². The highest BCUT2D eigenvalue weighted by molar-refractivity contribution is 6.30. The minimum absolute atomic E-state index is 0.0305. The monoisotopic (exact) mass is 415 g/mol. The summed E-state index contributed by atoms with van der Waals surface area (Å²) in [5.74, 6) is -2.83. The van der Waals surface area contributed by atoms with E-state index in [1.165, 1.54) is 12.1 Å². The van der Waals surface area contributed by atoms with Crippen LogP contribution >= 0.6 is 11.6 Å². The van der Waals surface area contributed by atoms with E-state index >= 15 is 0 Å². The van der Waals surface area contributed by atoms with Gasteiger partial charge in [0.25, 0.3) is 11.8 Å². The molecule has 150 valence electrons. The molecule has 29 heavy (non-hydrogen) atoms. The lowest BCUT2D eigenvalue weighted by atomic mass is 10.1.